The largest absolute Gasteiger partial charge is 0.480 e. The number of carboxylic acids is 1. The van der Waals surface area contributed by atoms with Gasteiger partial charge in [0.2, 0.25) is 5.91 Å². The van der Waals surface area contributed by atoms with Gasteiger partial charge in [0.1, 0.15) is 6.54 Å². The molecule has 2 rings (SSSR count). The number of carboxylic acid groups (broad SMARTS) is 1. The summed E-state index contributed by atoms with van der Waals surface area (Å²) in [5.41, 5.74) is 0.498. The zero-order valence-corrected chi connectivity index (χ0v) is 11.1. The second-order valence-electron chi connectivity index (χ2n) is 4.51. The van der Waals surface area contributed by atoms with Crippen molar-refractivity contribution in [2.24, 2.45) is 0 Å². The maximum absolute atomic E-state index is 12.1. The van der Waals surface area contributed by atoms with Crippen LogP contribution in [0.1, 0.15) is 12.8 Å². The van der Waals surface area contributed by atoms with Crippen molar-refractivity contribution >= 4 is 29.2 Å². The molecule has 1 amide bonds. The lowest BCUT2D eigenvalue weighted by Crippen LogP contribution is -2.41. The van der Waals surface area contributed by atoms with Crippen molar-refractivity contribution in [2.75, 3.05) is 18.0 Å². The molecule has 102 valence electrons. The summed E-state index contributed by atoms with van der Waals surface area (Å²) in [7, 11) is 0. The molecule has 1 aliphatic carbocycles. The maximum atomic E-state index is 12.1. The minimum Gasteiger partial charge on any atom is -0.480 e. The Balaban J connectivity index is 2.09. The Kier molecular flexibility index (Phi) is 4.39. The van der Waals surface area contributed by atoms with E-state index in [2.05, 4.69) is 5.32 Å². The third kappa shape index (κ3) is 4.22. The molecule has 6 heteroatoms. The number of nitrogens with zero attached hydrogens (tertiary/aromatic N) is 1. The lowest BCUT2D eigenvalue weighted by Gasteiger charge is -2.21. The van der Waals surface area contributed by atoms with Gasteiger partial charge in [-0.15, -0.1) is 0 Å². The van der Waals surface area contributed by atoms with Crippen molar-refractivity contribution in [3.05, 3.63) is 29.3 Å². The molecule has 1 saturated carbocycles. The first-order chi connectivity index (χ1) is 9.06. The number of hydrogen-bond donors (Lipinski definition) is 2. The van der Waals surface area contributed by atoms with Crippen molar-refractivity contribution in [1.82, 2.24) is 5.32 Å². The van der Waals surface area contributed by atoms with Crippen LogP contribution in [0.2, 0.25) is 5.02 Å². The summed E-state index contributed by atoms with van der Waals surface area (Å²) < 4.78 is 0. The molecule has 19 heavy (non-hydrogen) atoms. The number of anilines is 1. The van der Waals surface area contributed by atoms with Crippen molar-refractivity contribution < 1.29 is 14.7 Å². The SMILES string of the molecule is O=C(O)CN(C(=O)CNC1CC1)c1cccc(Cl)c1. The van der Waals surface area contributed by atoms with Gasteiger partial charge in [-0.25, -0.2) is 0 Å². The van der Waals surface area contributed by atoms with Gasteiger partial charge in [0.15, 0.2) is 0 Å². The molecule has 0 saturated heterocycles. The molecular formula is C13H15ClN2O3. The summed E-state index contributed by atoms with van der Waals surface area (Å²) in [6.45, 7) is -0.226. The number of amides is 1. The van der Waals surface area contributed by atoms with E-state index >= 15 is 0 Å². The van der Waals surface area contributed by atoms with Crippen LogP contribution in [0.5, 0.6) is 0 Å². The first-order valence-electron chi connectivity index (χ1n) is 6.07. The molecule has 2 N–H and O–H groups in total. The summed E-state index contributed by atoms with van der Waals surface area (Å²) in [4.78, 5) is 24.2. The number of hydrogen-bond acceptors (Lipinski definition) is 3. The summed E-state index contributed by atoms with van der Waals surface area (Å²) >= 11 is 5.87. The quantitative estimate of drug-likeness (QED) is 0.830. The van der Waals surface area contributed by atoms with Gasteiger partial charge in [0.25, 0.3) is 0 Å². The minimum atomic E-state index is -1.06. The normalized spacial score (nSPS) is 14.2. The maximum Gasteiger partial charge on any atom is 0.323 e. The first kappa shape index (κ1) is 13.8. The van der Waals surface area contributed by atoms with Gasteiger partial charge in [-0.05, 0) is 31.0 Å². The molecule has 0 aliphatic heterocycles. The van der Waals surface area contributed by atoms with Crippen molar-refractivity contribution in [3.63, 3.8) is 0 Å². The van der Waals surface area contributed by atoms with E-state index < -0.39 is 5.97 Å². The number of nitrogens with one attached hydrogen (secondary N) is 1. The fourth-order valence-electron chi connectivity index (χ4n) is 1.72. The molecule has 0 unspecified atom stereocenters. The van der Waals surface area contributed by atoms with Crippen LogP contribution in [0, 0.1) is 0 Å². The fourth-order valence-corrected chi connectivity index (χ4v) is 1.90. The Morgan fingerprint density at radius 2 is 2.16 bits per heavy atom. The molecule has 1 aromatic carbocycles. The van der Waals surface area contributed by atoms with Crippen molar-refractivity contribution in [1.29, 1.82) is 0 Å². The Morgan fingerprint density at radius 3 is 2.74 bits per heavy atom. The van der Waals surface area contributed by atoms with Gasteiger partial charge in [-0.1, -0.05) is 17.7 Å². The Morgan fingerprint density at radius 1 is 1.42 bits per heavy atom. The van der Waals surface area contributed by atoms with E-state index in [1.807, 2.05) is 0 Å². The topological polar surface area (TPSA) is 69.6 Å². The minimum absolute atomic E-state index is 0.143. The molecule has 5 nitrogen and oxygen atoms in total. The molecular weight excluding hydrogens is 268 g/mol. The van der Waals surface area contributed by atoms with Gasteiger partial charge < -0.3 is 15.3 Å². The molecule has 0 atom stereocenters. The van der Waals surface area contributed by atoms with Gasteiger partial charge in [0, 0.05) is 16.8 Å². The zero-order valence-electron chi connectivity index (χ0n) is 10.3. The van der Waals surface area contributed by atoms with Crippen LogP contribution in [0.4, 0.5) is 5.69 Å². The van der Waals surface area contributed by atoms with Crippen LogP contribution in [0.15, 0.2) is 24.3 Å². The van der Waals surface area contributed by atoms with Crippen LogP contribution in [-0.4, -0.2) is 36.1 Å². The van der Waals surface area contributed by atoms with E-state index in [9.17, 15) is 9.59 Å². The van der Waals surface area contributed by atoms with Gasteiger partial charge in [-0.2, -0.15) is 0 Å². The van der Waals surface area contributed by atoms with E-state index in [-0.39, 0.29) is 19.0 Å². The van der Waals surface area contributed by atoms with Crippen LogP contribution in [0.3, 0.4) is 0 Å². The van der Waals surface area contributed by atoms with Gasteiger partial charge >= 0.3 is 5.97 Å². The van der Waals surface area contributed by atoms with Crippen molar-refractivity contribution in [3.8, 4) is 0 Å². The van der Waals surface area contributed by atoms with E-state index in [0.29, 0.717) is 16.8 Å². The van der Waals surface area contributed by atoms with E-state index in [0.717, 1.165) is 12.8 Å². The lowest BCUT2D eigenvalue weighted by atomic mass is 10.2. The van der Waals surface area contributed by atoms with Gasteiger partial charge in [-0.3, -0.25) is 9.59 Å². The molecule has 0 aromatic heterocycles. The van der Waals surface area contributed by atoms with Gasteiger partial charge in [0.05, 0.1) is 6.54 Å². The zero-order chi connectivity index (χ0) is 13.8. The fraction of sp³-hybridized carbons (Fsp3) is 0.385. The number of carbonyl (C=O) groups excluding carboxylic acids is 1. The summed E-state index contributed by atoms with van der Waals surface area (Å²) in [5, 5.41) is 12.5. The molecule has 1 fully saturated rings. The number of benzene rings is 1. The number of aliphatic carboxylic acids is 1. The second-order valence-corrected chi connectivity index (χ2v) is 4.95. The molecule has 0 bridgehead atoms. The first-order valence-corrected chi connectivity index (χ1v) is 6.45. The van der Waals surface area contributed by atoms with Crippen LogP contribution in [0.25, 0.3) is 0 Å². The Hall–Kier alpha value is -1.59. The average Bonchev–Trinajstić information content (AvgIpc) is 3.17. The van der Waals surface area contributed by atoms with Crippen LogP contribution >= 0.6 is 11.6 Å². The molecule has 0 heterocycles. The van der Waals surface area contributed by atoms with E-state index in [4.69, 9.17) is 16.7 Å². The third-order valence-electron chi connectivity index (χ3n) is 2.83. The van der Waals surface area contributed by atoms with Crippen LogP contribution < -0.4 is 10.2 Å². The number of rotatable bonds is 6. The highest BCUT2D eigenvalue weighted by Gasteiger charge is 2.24. The van der Waals surface area contributed by atoms with E-state index in [1.54, 1.807) is 24.3 Å². The summed E-state index contributed by atoms with van der Waals surface area (Å²) in [6, 6.07) is 7.02. The Bertz CT molecular complexity index is 489. The average molecular weight is 283 g/mol. The predicted molar refractivity (Wildman–Crippen MR) is 72.5 cm³/mol. The predicted octanol–water partition coefficient (Wildman–Crippen LogP) is 1.51. The highest BCUT2D eigenvalue weighted by Crippen LogP contribution is 2.21. The highest BCUT2D eigenvalue weighted by atomic mass is 35.5. The van der Waals surface area contributed by atoms with Crippen molar-refractivity contribution in [2.45, 2.75) is 18.9 Å². The smallest absolute Gasteiger partial charge is 0.323 e. The molecule has 0 radical (unpaired) electrons. The standard InChI is InChI=1S/C13H15ClN2O3/c14-9-2-1-3-11(6-9)16(8-13(18)19)12(17)7-15-10-4-5-10/h1-3,6,10,15H,4-5,7-8H2,(H,18,19). The summed E-state index contributed by atoms with van der Waals surface area (Å²) in [5.74, 6) is -1.32. The monoisotopic (exact) mass is 282 g/mol. The lowest BCUT2D eigenvalue weighted by molar-refractivity contribution is -0.136. The Labute approximate surface area is 116 Å². The molecule has 1 aromatic rings. The van der Waals surface area contributed by atoms with E-state index in [1.165, 1.54) is 4.90 Å². The number of halogens is 1. The highest BCUT2D eigenvalue weighted by molar-refractivity contribution is 6.30. The second kappa shape index (κ2) is 6.04. The molecule has 1 aliphatic rings. The summed E-state index contributed by atoms with van der Waals surface area (Å²) in [6.07, 6.45) is 2.15. The van der Waals surface area contributed by atoms with Crippen LogP contribution in [-0.2, 0) is 9.59 Å². The third-order valence-corrected chi connectivity index (χ3v) is 3.07. The number of carbonyl (C=O) groups is 2. The molecule has 0 spiro atoms.